The highest BCUT2D eigenvalue weighted by molar-refractivity contribution is 5.92. The third-order valence-corrected chi connectivity index (χ3v) is 4.47. The molecule has 30 heavy (non-hydrogen) atoms. The predicted molar refractivity (Wildman–Crippen MR) is 114 cm³/mol. The van der Waals surface area contributed by atoms with Gasteiger partial charge in [0.25, 0.3) is 5.91 Å². The number of carbonyl (C=O) groups is 3. The number of hydrogen-bond donors (Lipinski definition) is 2. The van der Waals surface area contributed by atoms with Crippen molar-refractivity contribution in [3.05, 3.63) is 35.9 Å². The SMILES string of the molecule is CC(C)(C)OC(=O)NCC1CCCCN1C(=O)/C=C/c1ccc(OCC(N)=O)cc1. The van der Waals surface area contributed by atoms with Crippen molar-refractivity contribution in [3.8, 4) is 5.75 Å². The first-order valence-electron chi connectivity index (χ1n) is 10.1. The number of alkyl carbamates (subject to hydrolysis) is 1. The number of carbonyl (C=O) groups excluding carboxylic acids is 3. The van der Waals surface area contributed by atoms with E-state index in [1.54, 1.807) is 35.2 Å². The van der Waals surface area contributed by atoms with Crippen LogP contribution in [0.25, 0.3) is 6.08 Å². The largest absolute Gasteiger partial charge is 0.484 e. The Morgan fingerprint density at radius 2 is 1.90 bits per heavy atom. The van der Waals surface area contributed by atoms with Crippen molar-refractivity contribution in [3.63, 3.8) is 0 Å². The van der Waals surface area contributed by atoms with Crippen molar-refractivity contribution in [1.29, 1.82) is 0 Å². The number of nitrogens with zero attached hydrogens (tertiary/aromatic N) is 1. The molecule has 0 saturated carbocycles. The fourth-order valence-corrected chi connectivity index (χ4v) is 3.11. The molecule has 1 aliphatic rings. The van der Waals surface area contributed by atoms with E-state index in [-0.39, 0.29) is 18.6 Å². The topological polar surface area (TPSA) is 111 Å². The Hall–Kier alpha value is -3.03. The second-order valence-electron chi connectivity index (χ2n) is 8.22. The zero-order chi connectivity index (χ0) is 22.1. The zero-order valence-electron chi connectivity index (χ0n) is 17.8. The lowest BCUT2D eigenvalue weighted by Crippen LogP contribution is -2.49. The summed E-state index contributed by atoms with van der Waals surface area (Å²) in [6.07, 6.45) is 5.57. The summed E-state index contributed by atoms with van der Waals surface area (Å²) < 4.78 is 10.5. The lowest BCUT2D eigenvalue weighted by Gasteiger charge is -2.35. The van der Waals surface area contributed by atoms with Crippen molar-refractivity contribution in [2.75, 3.05) is 19.7 Å². The van der Waals surface area contributed by atoms with Crippen molar-refractivity contribution >= 4 is 24.0 Å². The Kier molecular flexibility index (Phi) is 8.26. The number of nitrogens with two attached hydrogens (primary N) is 1. The summed E-state index contributed by atoms with van der Waals surface area (Å²) in [6.45, 7) is 6.27. The summed E-state index contributed by atoms with van der Waals surface area (Å²) in [5.74, 6) is -0.108. The standard InChI is InChI=1S/C22H31N3O5/c1-22(2,3)30-21(28)24-14-17-6-4-5-13-25(17)20(27)12-9-16-7-10-18(11-8-16)29-15-19(23)26/h7-12,17H,4-6,13-15H2,1-3H3,(H2,23,26)(H,24,28)/b12-9+. The van der Waals surface area contributed by atoms with Gasteiger partial charge in [-0.05, 0) is 63.8 Å². The van der Waals surface area contributed by atoms with E-state index in [1.165, 1.54) is 6.08 Å². The van der Waals surface area contributed by atoms with Gasteiger partial charge in [0, 0.05) is 25.2 Å². The molecule has 0 radical (unpaired) electrons. The molecular formula is C22H31N3O5. The number of benzene rings is 1. The number of primary amides is 1. The molecule has 1 atom stereocenters. The van der Waals surface area contributed by atoms with Gasteiger partial charge in [0.05, 0.1) is 0 Å². The summed E-state index contributed by atoms with van der Waals surface area (Å²) in [5, 5.41) is 2.77. The number of likely N-dealkylation sites (tertiary alicyclic amines) is 1. The lowest BCUT2D eigenvalue weighted by atomic mass is 10.0. The maximum atomic E-state index is 12.7. The van der Waals surface area contributed by atoms with Crippen molar-refractivity contribution < 1.29 is 23.9 Å². The van der Waals surface area contributed by atoms with E-state index in [0.29, 0.717) is 18.8 Å². The van der Waals surface area contributed by atoms with Gasteiger partial charge < -0.3 is 25.4 Å². The first kappa shape index (κ1) is 23.3. The zero-order valence-corrected chi connectivity index (χ0v) is 17.8. The third-order valence-electron chi connectivity index (χ3n) is 4.47. The normalized spacial score (nSPS) is 16.9. The van der Waals surface area contributed by atoms with Gasteiger partial charge in [-0.2, -0.15) is 0 Å². The molecule has 1 aromatic rings. The van der Waals surface area contributed by atoms with Gasteiger partial charge in [-0.3, -0.25) is 9.59 Å². The van der Waals surface area contributed by atoms with Crippen LogP contribution in [0, 0.1) is 0 Å². The molecule has 1 aromatic carbocycles. The van der Waals surface area contributed by atoms with Gasteiger partial charge in [-0.25, -0.2) is 4.79 Å². The van der Waals surface area contributed by atoms with Gasteiger partial charge in [-0.15, -0.1) is 0 Å². The number of piperidine rings is 1. The smallest absolute Gasteiger partial charge is 0.407 e. The molecular weight excluding hydrogens is 386 g/mol. The highest BCUT2D eigenvalue weighted by atomic mass is 16.6. The average molecular weight is 418 g/mol. The lowest BCUT2D eigenvalue weighted by molar-refractivity contribution is -0.129. The molecule has 0 aliphatic carbocycles. The van der Waals surface area contributed by atoms with Crippen LogP contribution in [0.3, 0.4) is 0 Å². The van der Waals surface area contributed by atoms with Crippen LogP contribution in [0.4, 0.5) is 4.79 Å². The number of rotatable bonds is 7. The van der Waals surface area contributed by atoms with Gasteiger partial charge in [0.15, 0.2) is 6.61 Å². The predicted octanol–water partition coefficient (Wildman–Crippen LogP) is 2.47. The Morgan fingerprint density at radius 1 is 1.20 bits per heavy atom. The number of nitrogens with one attached hydrogen (secondary N) is 1. The fraction of sp³-hybridized carbons (Fsp3) is 0.500. The molecule has 1 aliphatic heterocycles. The molecule has 2 rings (SSSR count). The van der Waals surface area contributed by atoms with Gasteiger partial charge >= 0.3 is 6.09 Å². The first-order valence-corrected chi connectivity index (χ1v) is 10.1. The molecule has 1 fully saturated rings. The summed E-state index contributed by atoms with van der Waals surface area (Å²) in [7, 11) is 0. The second kappa shape index (κ2) is 10.7. The fourth-order valence-electron chi connectivity index (χ4n) is 3.11. The maximum absolute atomic E-state index is 12.7. The van der Waals surface area contributed by atoms with Crippen LogP contribution >= 0.6 is 0 Å². The van der Waals surface area contributed by atoms with E-state index < -0.39 is 17.6 Å². The van der Waals surface area contributed by atoms with Crippen LogP contribution in [-0.4, -0.2) is 54.1 Å². The molecule has 3 amide bonds. The molecule has 0 aromatic heterocycles. The molecule has 1 saturated heterocycles. The van der Waals surface area contributed by atoms with Gasteiger partial charge in [0.2, 0.25) is 5.91 Å². The summed E-state index contributed by atoms with van der Waals surface area (Å²) in [6, 6.07) is 6.94. The van der Waals surface area contributed by atoms with Crippen LogP contribution in [0.1, 0.15) is 45.6 Å². The molecule has 1 unspecified atom stereocenters. The van der Waals surface area contributed by atoms with Crippen LogP contribution in [0.2, 0.25) is 0 Å². The van der Waals surface area contributed by atoms with Crippen molar-refractivity contribution in [2.24, 2.45) is 5.73 Å². The van der Waals surface area contributed by atoms with Gasteiger partial charge in [-0.1, -0.05) is 12.1 Å². The monoisotopic (exact) mass is 417 g/mol. The van der Waals surface area contributed by atoms with Crippen LogP contribution < -0.4 is 15.8 Å². The van der Waals surface area contributed by atoms with Crippen LogP contribution in [0.5, 0.6) is 5.75 Å². The molecule has 8 heteroatoms. The molecule has 0 spiro atoms. The molecule has 3 N–H and O–H groups in total. The number of amides is 3. The quantitative estimate of drug-likeness (QED) is 0.662. The van der Waals surface area contributed by atoms with Crippen LogP contribution in [-0.2, 0) is 14.3 Å². The highest BCUT2D eigenvalue weighted by Crippen LogP contribution is 2.18. The van der Waals surface area contributed by atoms with Crippen LogP contribution in [0.15, 0.2) is 30.3 Å². The minimum atomic E-state index is -0.560. The Morgan fingerprint density at radius 3 is 2.53 bits per heavy atom. The third kappa shape index (κ3) is 8.14. The minimum absolute atomic E-state index is 0.0620. The van der Waals surface area contributed by atoms with Gasteiger partial charge in [0.1, 0.15) is 11.4 Å². The molecule has 1 heterocycles. The molecule has 0 bridgehead atoms. The maximum Gasteiger partial charge on any atom is 0.407 e. The Balaban J connectivity index is 1.91. The summed E-state index contributed by atoms with van der Waals surface area (Å²) in [4.78, 5) is 37.2. The second-order valence-corrected chi connectivity index (χ2v) is 8.22. The van der Waals surface area contributed by atoms with E-state index in [0.717, 1.165) is 24.8 Å². The van der Waals surface area contributed by atoms with E-state index in [4.69, 9.17) is 15.2 Å². The first-order chi connectivity index (χ1) is 14.1. The molecule has 164 valence electrons. The minimum Gasteiger partial charge on any atom is -0.484 e. The summed E-state index contributed by atoms with van der Waals surface area (Å²) >= 11 is 0. The van der Waals surface area contributed by atoms with E-state index in [9.17, 15) is 14.4 Å². The number of ether oxygens (including phenoxy) is 2. The van der Waals surface area contributed by atoms with Crippen molar-refractivity contribution in [1.82, 2.24) is 10.2 Å². The Bertz CT molecular complexity index is 768. The van der Waals surface area contributed by atoms with E-state index in [1.807, 2.05) is 20.8 Å². The molecule has 8 nitrogen and oxygen atoms in total. The average Bonchev–Trinajstić information content (AvgIpc) is 2.68. The van der Waals surface area contributed by atoms with Crippen molar-refractivity contribution in [2.45, 2.75) is 51.7 Å². The van der Waals surface area contributed by atoms with E-state index in [2.05, 4.69) is 5.32 Å². The number of hydrogen-bond acceptors (Lipinski definition) is 5. The summed E-state index contributed by atoms with van der Waals surface area (Å²) in [5.41, 5.74) is 5.32. The van der Waals surface area contributed by atoms with E-state index >= 15 is 0 Å². The Labute approximate surface area is 177 Å². The highest BCUT2D eigenvalue weighted by Gasteiger charge is 2.26.